The Morgan fingerprint density at radius 2 is 2.11 bits per heavy atom. The first kappa shape index (κ1) is 19.0. The molecule has 1 fully saturated rings. The first-order chi connectivity index (χ1) is 13.6. The van der Waals surface area contributed by atoms with Gasteiger partial charge in [0.1, 0.15) is 10.6 Å². The number of carbonyl (C=O) groups is 2. The topological polar surface area (TPSA) is 73.9 Å². The Morgan fingerprint density at radius 3 is 2.89 bits per heavy atom. The van der Waals surface area contributed by atoms with Crippen molar-refractivity contribution in [1.82, 2.24) is 5.32 Å². The van der Waals surface area contributed by atoms with E-state index in [9.17, 15) is 9.59 Å². The highest BCUT2D eigenvalue weighted by atomic mass is 32.1. The number of rotatable bonds is 6. The van der Waals surface area contributed by atoms with Crippen molar-refractivity contribution in [3.8, 4) is 16.2 Å². The Balaban J connectivity index is 1.37. The van der Waals surface area contributed by atoms with Crippen LogP contribution in [-0.4, -0.2) is 44.8 Å². The van der Waals surface area contributed by atoms with E-state index in [1.165, 1.54) is 16.9 Å². The summed E-state index contributed by atoms with van der Waals surface area (Å²) in [7, 11) is 1.66. The van der Waals surface area contributed by atoms with Crippen molar-refractivity contribution in [2.24, 2.45) is 0 Å². The van der Waals surface area contributed by atoms with Crippen molar-refractivity contribution in [3.05, 3.63) is 40.3 Å². The van der Waals surface area contributed by atoms with Crippen molar-refractivity contribution >= 4 is 23.2 Å². The Bertz CT molecular complexity index is 885. The summed E-state index contributed by atoms with van der Waals surface area (Å²) in [5, 5.41) is 2.75. The van der Waals surface area contributed by atoms with Crippen LogP contribution in [0.25, 0.3) is 10.4 Å². The fraction of sp³-hybridized carbons (Fsp3) is 0.429. The zero-order chi connectivity index (χ0) is 19.5. The van der Waals surface area contributed by atoms with Gasteiger partial charge in [-0.05, 0) is 66.6 Å². The van der Waals surface area contributed by atoms with E-state index >= 15 is 0 Å². The average Bonchev–Trinajstić information content (AvgIpc) is 3.39. The third-order valence-corrected chi connectivity index (χ3v) is 6.31. The van der Waals surface area contributed by atoms with E-state index in [2.05, 4.69) is 5.32 Å². The SMILES string of the molecule is COc1ccc2c(c1)CCc1cc(C(=O)OCC(=O)NC[C@H]3CCCO3)sc1-2. The number of ether oxygens (including phenoxy) is 3. The molecule has 1 atom stereocenters. The number of esters is 1. The summed E-state index contributed by atoms with van der Waals surface area (Å²) in [5.41, 5.74) is 3.51. The molecule has 2 aromatic rings. The highest BCUT2D eigenvalue weighted by Crippen LogP contribution is 2.40. The maximum atomic E-state index is 12.4. The molecule has 148 valence electrons. The number of methoxy groups -OCH3 is 1. The molecule has 2 heterocycles. The summed E-state index contributed by atoms with van der Waals surface area (Å²) in [4.78, 5) is 25.9. The van der Waals surface area contributed by atoms with E-state index in [0.717, 1.165) is 54.0 Å². The molecule has 1 saturated heterocycles. The molecule has 1 aromatic carbocycles. The molecule has 7 heteroatoms. The van der Waals surface area contributed by atoms with Gasteiger partial charge in [0.25, 0.3) is 5.91 Å². The van der Waals surface area contributed by atoms with Gasteiger partial charge in [-0.15, -0.1) is 11.3 Å². The molecule has 1 N–H and O–H groups in total. The summed E-state index contributed by atoms with van der Waals surface area (Å²) in [6.07, 6.45) is 3.84. The first-order valence-electron chi connectivity index (χ1n) is 9.49. The molecule has 4 rings (SSSR count). The molecule has 1 amide bonds. The maximum Gasteiger partial charge on any atom is 0.348 e. The Morgan fingerprint density at radius 1 is 1.25 bits per heavy atom. The highest BCUT2D eigenvalue weighted by molar-refractivity contribution is 7.17. The van der Waals surface area contributed by atoms with Gasteiger partial charge in [-0.1, -0.05) is 0 Å². The molecule has 0 spiro atoms. The average molecular weight is 401 g/mol. The van der Waals surface area contributed by atoms with Crippen LogP contribution in [0.2, 0.25) is 0 Å². The smallest absolute Gasteiger partial charge is 0.348 e. The molecule has 1 aliphatic carbocycles. The molecule has 6 nitrogen and oxygen atoms in total. The standard InChI is InChI=1S/C21H23NO5S/c1-25-15-6-7-17-13(9-15)4-5-14-10-18(28-20(14)17)21(24)27-12-19(23)22-11-16-3-2-8-26-16/h6-7,9-10,16H,2-5,8,11-12H2,1H3,(H,22,23)/t16-/m1/s1. The van der Waals surface area contributed by atoms with E-state index in [1.807, 2.05) is 24.3 Å². The van der Waals surface area contributed by atoms with Crippen LogP contribution in [0.5, 0.6) is 5.75 Å². The zero-order valence-corrected chi connectivity index (χ0v) is 16.6. The number of fused-ring (bicyclic) bond motifs is 3. The van der Waals surface area contributed by atoms with Gasteiger partial charge < -0.3 is 19.5 Å². The second kappa shape index (κ2) is 8.32. The second-order valence-corrected chi connectivity index (χ2v) is 8.06. The molecular formula is C21H23NO5S. The number of hydrogen-bond donors (Lipinski definition) is 1. The van der Waals surface area contributed by atoms with Crippen LogP contribution in [0.3, 0.4) is 0 Å². The van der Waals surface area contributed by atoms with E-state index in [1.54, 1.807) is 7.11 Å². The summed E-state index contributed by atoms with van der Waals surface area (Å²) < 4.78 is 16.0. The fourth-order valence-corrected chi connectivity index (χ4v) is 4.79. The van der Waals surface area contributed by atoms with Crippen LogP contribution >= 0.6 is 11.3 Å². The lowest BCUT2D eigenvalue weighted by Gasteiger charge is -2.16. The lowest BCUT2D eigenvalue weighted by Crippen LogP contribution is -2.34. The highest BCUT2D eigenvalue weighted by Gasteiger charge is 2.23. The van der Waals surface area contributed by atoms with Crippen LogP contribution in [0.1, 0.15) is 33.6 Å². The van der Waals surface area contributed by atoms with Crippen LogP contribution in [0.4, 0.5) is 0 Å². The summed E-state index contributed by atoms with van der Waals surface area (Å²) in [5.74, 6) is 0.0803. The Labute approximate surface area is 167 Å². The van der Waals surface area contributed by atoms with Crippen molar-refractivity contribution in [1.29, 1.82) is 0 Å². The molecule has 0 unspecified atom stereocenters. The molecule has 0 bridgehead atoms. The lowest BCUT2D eigenvalue weighted by molar-refractivity contribution is -0.124. The minimum atomic E-state index is -0.457. The quantitative estimate of drug-likeness (QED) is 0.754. The molecule has 2 aliphatic rings. The van der Waals surface area contributed by atoms with Crippen LogP contribution in [0, 0.1) is 0 Å². The number of thiophene rings is 1. The summed E-state index contributed by atoms with van der Waals surface area (Å²) in [6.45, 7) is 0.931. The number of amides is 1. The summed E-state index contributed by atoms with van der Waals surface area (Å²) in [6, 6.07) is 7.91. The van der Waals surface area contributed by atoms with Crippen molar-refractivity contribution in [3.63, 3.8) is 0 Å². The van der Waals surface area contributed by atoms with E-state index in [-0.39, 0.29) is 18.6 Å². The largest absolute Gasteiger partial charge is 0.497 e. The van der Waals surface area contributed by atoms with Gasteiger partial charge in [-0.25, -0.2) is 4.79 Å². The van der Waals surface area contributed by atoms with E-state index < -0.39 is 5.97 Å². The molecule has 0 radical (unpaired) electrons. The van der Waals surface area contributed by atoms with Crippen molar-refractivity contribution < 1.29 is 23.8 Å². The van der Waals surface area contributed by atoms with Crippen molar-refractivity contribution in [2.45, 2.75) is 31.8 Å². The Kier molecular flexibility index (Phi) is 5.64. The molecular weight excluding hydrogens is 378 g/mol. The fourth-order valence-electron chi connectivity index (χ4n) is 3.62. The van der Waals surface area contributed by atoms with Crippen LogP contribution in [0.15, 0.2) is 24.3 Å². The monoisotopic (exact) mass is 401 g/mol. The van der Waals surface area contributed by atoms with Gasteiger partial charge in [0.2, 0.25) is 0 Å². The normalized spacial score (nSPS) is 17.5. The zero-order valence-electron chi connectivity index (χ0n) is 15.8. The predicted molar refractivity (Wildman–Crippen MR) is 106 cm³/mol. The number of benzene rings is 1. The minimum absolute atomic E-state index is 0.0716. The van der Waals surface area contributed by atoms with Gasteiger partial charge in [0.15, 0.2) is 6.61 Å². The van der Waals surface area contributed by atoms with Gasteiger partial charge in [-0.3, -0.25) is 4.79 Å². The molecule has 28 heavy (non-hydrogen) atoms. The third-order valence-electron chi connectivity index (χ3n) is 5.12. The van der Waals surface area contributed by atoms with Gasteiger partial charge in [0, 0.05) is 18.0 Å². The van der Waals surface area contributed by atoms with Crippen molar-refractivity contribution in [2.75, 3.05) is 26.9 Å². The number of nitrogens with one attached hydrogen (secondary N) is 1. The maximum absolute atomic E-state index is 12.4. The first-order valence-corrected chi connectivity index (χ1v) is 10.3. The van der Waals surface area contributed by atoms with E-state index in [4.69, 9.17) is 14.2 Å². The molecule has 1 aromatic heterocycles. The second-order valence-electron chi connectivity index (χ2n) is 7.00. The number of carbonyl (C=O) groups excluding carboxylic acids is 2. The van der Waals surface area contributed by atoms with Crippen LogP contribution < -0.4 is 10.1 Å². The lowest BCUT2D eigenvalue weighted by atomic mass is 9.91. The van der Waals surface area contributed by atoms with E-state index in [0.29, 0.717) is 11.4 Å². The predicted octanol–water partition coefficient (Wildman–Crippen LogP) is 2.97. The van der Waals surface area contributed by atoms with Gasteiger partial charge >= 0.3 is 5.97 Å². The third kappa shape index (κ3) is 4.05. The molecule has 0 saturated carbocycles. The Hall–Kier alpha value is -2.38. The number of aryl methyl sites for hydroxylation is 2. The van der Waals surface area contributed by atoms with Crippen LogP contribution in [-0.2, 0) is 27.1 Å². The number of hydrogen-bond acceptors (Lipinski definition) is 6. The van der Waals surface area contributed by atoms with Gasteiger partial charge in [-0.2, -0.15) is 0 Å². The minimum Gasteiger partial charge on any atom is -0.497 e. The van der Waals surface area contributed by atoms with Gasteiger partial charge in [0.05, 0.1) is 13.2 Å². The summed E-state index contributed by atoms with van der Waals surface area (Å²) >= 11 is 1.42. The molecule has 1 aliphatic heterocycles.